The van der Waals surface area contributed by atoms with Gasteiger partial charge in [-0.3, -0.25) is 9.59 Å². The Bertz CT molecular complexity index is 1270. The minimum absolute atomic E-state index is 0.103. The first-order chi connectivity index (χ1) is 14.1. The van der Waals surface area contributed by atoms with Crippen LogP contribution in [0.2, 0.25) is 0 Å². The number of carbonyl (C=O) groups excluding carboxylic acids is 1. The van der Waals surface area contributed by atoms with E-state index in [2.05, 4.69) is 10.5 Å². The van der Waals surface area contributed by atoms with Gasteiger partial charge in [-0.1, -0.05) is 54.1 Å². The number of benzene rings is 3. The lowest BCUT2D eigenvalue weighted by molar-refractivity contribution is 0.0955. The van der Waals surface area contributed by atoms with Gasteiger partial charge in [0, 0.05) is 17.2 Å². The van der Waals surface area contributed by atoms with E-state index >= 15 is 0 Å². The molecule has 1 amide bonds. The van der Waals surface area contributed by atoms with Crippen LogP contribution < -0.4 is 10.9 Å². The Morgan fingerprint density at radius 3 is 2.55 bits per heavy atom. The molecule has 1 aromatic heterocycles. The number of hydrazone groups is 1. The summed E-state index contributed by atoms with van der Waals surface area (Å²) in [5.74, 6) is 0.138. The standard InChI is InChI=1S/C24H18N2O3/c1-16-5-4-6-17(13-16)15-25-26-24(28)19-11-9-18(10-12-19)23-14-21(27)20-7-2-3-8-22(20)29-23/h2-15H,1H3,(H,26,28)/b25-15+. The normalized spacial score (nSPS) is 11.1. The Labute approximate surface area is 167 Å². The third kappa shape index (κ3) is 4.14. The van der Waals surface area contributed by atoms with Crippen molar-refractivity contribution in [2.75, 3.05) is 0 Å². The number of rotatable bonds is 4. The molecule has 1 heterocycles. The van der Waals surface area contributed by atoms with E-state index in [4.69, 9.17) is 4.42 Å². The molecule has 0 saturated carbocycles. The maximum absolute atomic E-state index is 12.3. The van der Waals surface area contributed by atoms with E-state index in [0.29, 0.717) is 27.9 Å². The first-order valence-electron chi connectivity index (χ1n) is 9.13. The number of nitrogens with zero attached hydrogens (tertiary/aromatic N) is 1. The van der Waals surface area contributed by atoms with Crippen molar-refractivity contribution < 1.29 is 9.21 Å². The van der Waals surface area contributed by atoms with Gasteiger partial charge in [-0.2, -0.15) is 5.10 Å². The lowest BCUT2D eigenvalue weighted by Gasteiger charge is -2.05. The Balaban J connectivity index is 1.50. The number of carbonyl (C=O) groups is 1. The van der Waals surface area contributed by atoms with Crippen LogP contribution in [0.3, 0.4) is 0 Å². The molecular weight excluding hydrogens is 364 g/mol. The number of hydrogen-bond donors (Lipinski definition) is 1. The van der Waals surface area contributed by atoms with Crippen molar-refractivity contribution in [3.05, 3.63) is 106 Å². The van der Waals surface area contributed by atoms with Crippen LogP contribution in [0.5, 0.6) is 0 Å². The molecule has 5 nitrogen and oxygen atoms in total. The predicted molar refractivity (Wildman–Crippen MR) is 114 cm³/mol. The molecule has 3 aromatic carbocycles. The molecule has 0 radical (unpaired) electrons. The van der Waals surface area contributed by atoms with Crippen LogP contribution in [-0.4, -0.2) is 12.1 Å². The zero-order chi connectivity index (χ0) is 20.2. The van der Waals surface area contributed by atoms with Gasteiger partial charge in [-0.15, -0.1) is 0 Å². The Hall–Kier alpha value is -3.99. The molecule has 5 heteroatoms. The topological polar surface area (TPSA) is 71.7 Å². The first-order valence-corrected chi connectivity index (χ1v) is 9.13. The Kier molecular flexibility index (Phi) is 5.03. The molecular formula is C24H18N2O3. The Morgan fingerprint density at radius 1 is 0.966 bits per heavy atom. The minimum Gasteiger partial charge on any atom is -0.456 e. The lowest BCUT2D eigenvalue weighted by Crippen LogP contribution is -2.17. The van der Waals surface area contributed by atoms with E-state index in [1.807, 2.05) is 37.3 Å². The van der Waals surface area contributed by atoms with Crippen molar-refractivity contribution in [1.29, 1.82) is 0 Å². The third-order valence-corrected chi connectivity index (χ3v) is 4.49. The fourth-order valence-corrected chi connectivity index (χ4v) is 3.01. The van der Waals surface area contributed by atoms with Crippen molar-refractivity contribution in [2.24, 2.45) is 5.10 Å². The average Bonchev–Trinajstić information content (AvgIpc) is 2.74. The zero-order valence-corrected chi connectivity index (χ0v) is 15.8. The molecule has 0 fully saturated rings. The molecule has 29 heavy (non-hydrogen) atoms. The molecule has 0 atom stereocenters. The molecule has 4 rings (SSSR count). The number of hydrogen-bond acceptors (Lipinski definition) is 4. The van der Waals surface area contributed by atoms with Gasteiger partial charge in [-0.05, 0) is 36.8 Å². The van der Waals surface area contributed by atoms with Crippen molar-refractivity contribution in [1.82, 2.24) is 5.43 Å². The van der Waals surface area contributed by atoms with E-state index in [1.165, 1.54) is 6.07 Å². The second-order valence-electron chi connectivity index (χ2n) is 6.66. The quantitative estimate of drug-likeness (QED) is 0.416. The summed E-state index contributed by atoms with van der Waals surface area (Å²) in [7, 11) is 0. The van der Waals surface area contributed by atoms with Crippen LogP contribution in [-0.2, 0) is 0 Å². The fourth-order valence-electron chi connectivity index (χ4n) is 3.01. The van der Waals surface area contributed by atoms with Crippen LogP contribution in [0.4, 0.5) is 0 Å². The van der Waals surface area contributed by atoms with E-state index in [1.54, 1.807) is 48.7 Å². The molecule has 142 valence electrons. The van der Waals surface area contributed by atoms with Crippen molar-refractivity contribution in [2.45, 2.75) is 6.92 Å². The maximum atomic E-state index is 12.3. The van der Waals surface area contributed by atoms with Crippen LogP contribution >= 0.6 is 0 Å². The van der Waals surface area contributed by atoms with Gasteiger partial charge >= 0.3 is 0 Å². The third-order valence-electron chi connectivity index (χ3n) is 4.49. The molecule has 1 N–H and O–H groups in total. The number of aryl methyl sites for hydroxylation is 1. The molecule has 0 bridgehead atoms. The minimum atomic E-state index is -0.319. The summed E-state index contributed by atoms with van der Waals surface area (Å²) in [6.45, 7) is 2.00. The molecule has 0 unspecified atom stereocenters. The molecule has 0 saturated heterocycles. The number of fused-ring (bicyclic) bond motifs is 1. The number of nitrogens with one attached hydrogen (secondary N) is 1. The Morgan fingerprint density at radius 2 is 1.76 bits per heavy atom. The molecule has 0 aliphatic rings. The van der Waals surface area contributed by atoms with E-state index in [-0.39, 0.29) is 11.3 Å². The number of amides is 1. The van der Waals surface area contributed by atoms with Crippen molar-refractivity contribution >= 4 is 23.1 Å². The highest BCUT2D eigenvalue weighted by molar-refractivity contribution is 5.95. The van der Waals surface area contributed by atoms with Crippen LogP contribution in [0.15, 0.2) is 93.2 Å². The largest absolute Gasteiger partial charge is 0.456 e. The van der Waals surface area contributed by atoms with Crippen molar-refractivity contribution in [3.8, 4) is 11.3 Å². The van der Waals surface area contributed by atoms with Gasteiger partial charge in [0.25, 0.3) is 5.91 Å². The van der Waals surface area contributed by atoms with Gasteiger partial charge in [0.2, 0.25) is 0 Å². The highest BCUT2D eigenvalue weighted by atomic mass is 16.3. The van der Waals surface area contributed by atoms with Gasteiger partial charge in [-0.25, -0.2) is 5.43 Å². The summed E-state index contributed by atoms with van der Waals surface area (Å²) in [6.07, 6.45) is 1.60. The van der Waals surface area contributed by atoms with E-state index < -0.39 is 0 Å². The maximum Gasteiger partial charge on any atom is 0.271 e. The van der Waals surface area contributed by atoms with Crippen LogP contribution in [0, 0.1) is 6.92 Å². The molecule has 0 spiro atoms. The molecule has 4 aromatic rings. The molecule has 0 aliphatic heterocycles. The highest BCUT2D eigenvalue weighted by Gasteiger charge is 2.09. The van der Waals surface area contributed by atoms with Gasteiger partial charge in [0.1, 0.15) is 11.3 Å². The predicted octanol–water partition coefficient (Wildman–Crippen LogP) is 4.53. The summed E-state index contributed by atoms with van der Waals surface area (Å²) in [6, 6.07) is 23.2. The summed E-state index contributed by atoms with van der Waals surface area (Å²) in [5, 5.41) is 4.54. The zero-order valence-electron chi connectivity index (χ0n) is 15.8. The van der Waals surface area contributed by atoms with Crippen molar-refractivity contribution in [3.63, 3.8) is 0 Å². The summed E-state index contributed by atoms with van der Waals surface area (Å²) in [5.41, 5.74) is 6.15. The van der Waals surface area contributed by atoms with Gasteiger partial charge in [0.15, 0.2) is 5.43 Å². The van der Waals surface area contributed by atoms with Crippen LogP contribution in [0.1, 0.15) is 21.5 Å². The average molecular weight is 382 g/mol. The van der Waals surface area contributed by atoms with Gasteiger partial charge in [0.05, 0.1) is 11.6 Å². The number of para-hydroxylation sites is 1. The fraction of sp³-hybridized carbons (Fsp3) is 0.0417. The molecule has 0 aliphatic carbocycles. The SMILES string of the molecule is Cc1cccc(/C=N/NC(=O)c2ccc(-c3cc(=O)c4ccccc4o3)cc2)c1. The monoisotopic (exact) mass is 382 g/mol. The van der Waals surface area contributed by atoms with Gasteiger partial charge < -0.3 is 4.42 Å². The second kappa shape index (κ2) is 7.94. The first kappa shape index (κ1) is 18.4. The lowest BCUT2D eigenvalue weighted by atomic mass is 10.1. The summed E-state index contributed by atoms with van der Waals surface area (Å²) >= 11 is 0. The smallest absolute Gasteiger partial charge is 0.271 e. The summed E-state index contributed by atoms with van der Waals surface area (Å²) < 4.78 is 5.83. The van der Waals surface area contributed by atoms with Crippen LogP contribution in [0.25, 0.3) is 22.3 Å². The highest BCUT2D eigenvalue weighted by Crippen LogP contribution is 2.22. The summed E-state index contributed by atoms with van der Waals surface area (Å²) in [4.78, 5) is 24.5. The van der Waals surface area contributed by atoms with E-state index in [9.17, 15) is 9.59 Å². The van der Waals surface area contributed by atoms with E-state index in [0.717, 1.165) is 11.1 Å². The second-order valence-corrected chi connectivity index (χ2v) is 6.66.